The van der Waals surface area contributed by atoms with Gasteiger partial charge in [-0.2, -0.15) is 0 Å². The van der Waals surface area contributed by atoms with E-state index in [1.165, 1.54) is 16.3 Å². The Bertz CT molecular complexity index is 1220. The van der Waals surface area contributed by atoms with E-state index in [-0.39, 0.29) is 17.9 Å². The van der Waals surface area contributed by atoms with Crippen molar-refractivity contribution < 1.29 is 4.79 Å². The van der Waals surface area contributed by atoms with Crippen molar-refractivity contribution in [1.29, 1.82) is 0 Å². The van der Waals surface area contributed by atoms with Gasteiger partial charge in [0.1, 0.15) is 0 Å². The number of fused-ring (bicyclic) bond motifs is 1. The molecule has 4 heteroatoms. The zero-order valence-electron chi connectivity index (χ0n) is 19.9. The lowest BCUT2D eigenvalue weighted by Gasteiger charge is -2.51. The Morgan fingerprint density at radius 2 is 1.85 bits per heavy atom. The largest absolute Gasteiger partial charge is 0.350 e. The smallest absolute Gasteiger partial charge is 0.250 e. The molecule has 3 aromatic rings. The van der Waals surface area contributed by atoms with Gasteiger partial charge < -0.3 is 5.32 Å². The van der Waals surface area contributed by atoms with Crippen molar-refractivity contribution in [3.8, 4) is 0 Å². The molecular formula is C30H33N3O. The van der Waals surface area contributed by atoms with E-state index in [9.17, 15) is 4.79 Å². The minimum atomic E-state index is -0.659. The molecule has 3 heterocycles. The van der Waals surface area contributed by atoms with Gasteiger partial charge in [0.2, 0.25) is 5.91 Å². The van der Waals surface area contributed by atoms with Crippen LogP contribution >= 0.6 is 0 Å². The maximum absolute atomic E-state index is 13.9. The monoisotopic (exact) mass is 451 g/mol. The van der Waals surface area contributed by atoms with Gasteiger partial charge in [0.05, 0.1) is 0 Å². The van der Waals surface area contributed by atoms with Gasteiger partial charge in [-0.05, 0) is 46.6 Å². The quantitative estimate of drug-likeness (QED) is 0.536. The highest BCUT2D eigenvalue weighted by Crippen LogP contribution is 2.55. The number of nitrogens with zero attached hydrogens (tertiary/aromatic N) is 2. The summed E-state index contributed by atoms with van der Waals surface area (Å²) in [5.74, 6) is 1.38. The van der Waals surface area contributed by atoms with E-state index < -0.39 is 5.54 Å². The standard InChI is InChI=1S/C30H33N3O/c1-2-9-27-24-16-25-20-33(19-23-14-8-13-22-12-6-7-15-26(22)23)28(27)30(25,32-18-24)29(34)31-17-21-10-4-3-5-11-21/h3-8,10-15,18,24-25,27-28H,2,9,16-17,19-20H2,1H3,(H,31,34). The lowest BCUT2D eigenvalue weighted by Crippen LogP contribution is -2.65. The van der Waals surface area contributed by atoms with E-state index in [0.717, 1.165) is 37.9 Å². The fourth-order valence-electron chi connectivity index (χ4n) is 7.03. The maximum atomic E-state index is 13.9. The highest BCUT2D eigenvalue weighted by molar-refractivity contribution is 5.92. The number of aliphatic imine (C=N–C) groups is 1. The van der Waals surface area contributed by atoms with Crippen LogP contribution in [0.5, 0.6) is 0 Å². The van der Waals surface area contributed by atoms with E-state index in [0.29, 0.717) is 18.4 Å². The fourth-order valence-corrected chi connectivity index (χ4v) is 7.03. The molecule has 4 bridgehead atoms. The van der Waals surface area contributed by atoms with Crippen molar-refractivity contribution >= 4 is 22.9 Å². The van der Waals surface area contributed by atoms with E-state index in [4.69, 9.17) is 4.99 Å². The minimum absolute atomic E-state index is 0.113. The van der Waals surface area contributed by atoms with Crippen LogP contribution in [-0.2, 0) is 17.9 Å². The molecule has 1 aliphatic carbocycles. The average molecular weight is 452 g/mol. The van der Waals surface area contributed by atoms with Gasteiger partial charge in [0, 0.05) is 37.8 Å². The van der Waals surface area contributed by atoms with Crippen molar-refractivity contribution in [1.82, 2.24) is 10.2 Å². The molecular weight excluding hydrogens is 418 g/mol. The third-order valence-electron chi connectivity index (χ3n) is 8.45. The van der Waals surface area contributed by atoms with Crippen molar-refractivity contribution in [3.05, 3.63) is 83.9 Å². The molecule has 4 nitrogen and oxygen atoms in total. The van der Waals surface area contributed by atoms with Crippen molar-refractivity contribution in [2.24, 2.45) is 22.7 Å². The highest BCUT2D eigenvalue weighted by Gasteiger charge is 2.66. The Balaban J connectivity index is 1.33. The molecule has 3 aliphatic heterocycles. The van der Waals surface area contributed by atoms with Gasteiger partial charge in [0.25, 0.3) is 0 Å². The van der Waals surface area contributed by atoms with E-state index in [2.05, 4.69) is 78.0 Å². The number of amides is 1. The topological polar surface area (TPSA) is 44.7 Å². The molecule has 1 N–H and O–H groups in total. The van der Waals surface area contributed by atoms with Crippen LogP contribution in [0.4, 0.5) is 0 Å². The van der Waals surface area contributed by atoms with Crippen molar-refractivity contribution in [2.45, 2.75) is 50.9 Å². The number of rotatable bonds is 7. The lowest BCUT2D eigenvalue weighted by molar-refractivity contribution is -0.132. The van der Waals surface area contributed by atoms with Crippen LogP contribution in [0.25, 0.3) is 10.8 Å². The summed E-state index contributed by atoms with van der Waals surface area (Å²) < 4.78 is 0. The van der Waals surface area contributed by atoms with E-state index in [1.54, 1.807) is 0 Å². The van der Waals surface area contributed by atoms with Crippen LogP contribution in [0.15, 0.2) is 77.8 Å². The van der Waals surface area contributed by atoms with Gasteiger partial charge in [-0.15, -0.1) is 0 Å². The molecule has 5 unspecified atom stereocenters. The normalized spacial score (nSPS) is 29.6. The fraction of sp³-hybridized carbons (Fsp3) is 0.400. The Labute approximate surface area is 202 Å². The minimum Gasteiger partial charge on any atom is -0.350 e. The maximum Gasteiger partial charge on any atom is 0.250 e. The molecule has 1 saturated carbocycles. The number of hydrogen-bond donors (Lipinski definition) is 1. The van der Waals surface area contributed by atoms with Gasteiger partial charge in [-0.1, -0.05) is 86.1 Å². The van der Waals surface area contributed by atoms with Crippen LogP contribution in [0.2, 0.25) is 0 Å². The van der Waals surface area contributed by atoms with E-state index >= 15 is 0 Å². The van der Waals surface area contributed by atoms with Crippen LogP contribution in [0, 0.1) is 17.8 Å². The van der Waals surface area contributed by atoms with Gasteiger partial charge in [-0.25, -0.2) is 0 Å². The molecule has 4 aliphatic rings. The van der Waals surface area contributed by atoms with E-state index in [1.807, 2.05) is 18.2 Å². The third-order valence-corrected chi connectivity index (χ3v) is 8.45. The Kier molecular flexibility index (Phi) is 5.49. The van der Waals surface area contributed by atoms with Crippen LogP contribution < -0.4 is 5.32 Å². The molecule has 0 spiro atoms. The number of hydrogen-bond acceptors (Lipinski definition) is 3. The first kappa shape index (κ1) is 21.5. The van der Waals surface area contributed by atoms with Crippen LogP contribution in [-0.4, -0.2) is 35.1 Å². The SMILES string of the molecule is CCCC1C2C=NC3(C(=O)NCc4ccccc4)C(C2)CN(Cc2cccc4ccccc24)C13. The summed E-state index contributed by atoms with van der Waals surface area (Å²) in [6.45, 7) is 4.64. The zero-order valence-corrected chi connectivity index (χ0v) is 19.9. The summed E-state index contributed by atoms with van der Waals surface area (Å²) in [5.41, 5.74) is 1.82. The molecule has 3 aromatic carbocycles. The molecule has 7 rings (SSSR count). The summed E-state index contributed by atoms with van der Waals surface area (Å²) in [6.07, 6.45) is 5.50. The number of carbonyl (C=O) groups excluding carboxylic acids is 1. The first-order valence-corrected chi connectivity index (χ1v) is 12.8. The third kappa shape index (κ3) is 3.39. The number of benzene rings is 3. The van der Waals surface area contributed by atoms with Gasteiger partial charge in [-0.3, -0.25) is 14.7 Å². The second-order valence-corrected chi connectivity index (χ2v) is 10.3. The van der Waals surface area contributed by atoms with Gasteiger partial charge >= 0.3 is 0 Å². The van der Waals surface area contributed by atoms with Crippen LogP contribution in [0.1, 0.15) is 37.3 Å². The second kappa shape index (κ2) is 8.66. The summed E-state index contributed by atoms with van der Waals surface area (Å²) >= 11 is 0. The predicted octanol–water partition coefficient (Wildman–Crippen LogP) is 5.22. The zero-order chi connectivity index (χ0) is 23.1. The molecule has 34 heavy (non-hydrogen) atoms. The van der Waals surface area contributed by atoms with Crippen molar-refractivity contribution in [3.63, 3.8) is 0 Å². The second-order valence-electron chi connectivity index (χ2n) is 10.3. The number of nitrogens with one attached hydrogen (secondary N) is 1. The molecule has 2 fully saturated rings. The first-order chi connectivity index (χ1) is 16.7. The molecule has 5 atom stereocenters. The molecule has 0 radical (unpaired) electrons. The molecule has 1 amide bonds. The molecule has 0 aromatic heterocycles. The predicted molar refractivity (Wildman–Crippen MR) is 138 cm³/mol. The van der Waals surface area contributed by atoms with Gasteiger partial charge in [0.15, 0.2) is 5.54 Å². The summed E-state index contributed by atoms with van der Waals surface area (Å²) in [7, 11) is 0. The Morgan fingerprint density at radius 1 is 1.06 bits per heavy atom. The first-order valence-electron chi connectivity index (χ1n) is 12.8. The molecule has 1 saturated heterocycles. The van der Waals surface area contributed by atoms with Crippen molar-refractivity contribution in [2.75, 3.05) is 6.54 Å². The Morgan fingerprint density at radius 3 is 2.71 bits per heavy atom. The summed E-state index contributed by atoms with van der Waals surface area (Å²) in [5, 5.41) is 5.88. The highest BCUT2D eigenvalue weighted by atomic mass is 16.2. The summed E-state index contributed by atoms with van der Waals surface area (Å²) in [6, 6.07) is 25.6. The average Bonchev–Trinajstić information content (AvgIpc) is 3.14. The number of carbonyl (C=O) groups is 1. The Hall–Kier alpha value is -2.98. The lowest BCUT2D eigenvalue weighted by atomic mass is 9.60. The van der Waals surface area contributed by atoms with Crippen LogP contribution in [0.3, 0.4) is 0 Å². The molecule has 174 valence electrons. The summed E-state index contributed by atoms with van der Waals surface area (Å²) in [4.78, 5) is 21.6. The number of likely N-dealkylation sites (tertiary alicyclic amines) is 1.